The van der Waals surface area contributed by atoms with Crippen molar-refractivity contribution in [3.05, 3.63) is 99.5 Å². The highest BCUT2D eigenvalue weighted by atomic mass is 35.5. The van der Waals surface area contributed by atoms with Gasteiger partial charge in [0.15, 0.2) is 0 Å². The normalized spacial score (nSPS) is 15.3. The number of aliphatic carboxylic acids is 1. The number of carbonyl (C=O) groups is 2. The number of rotatable bonds is 7. The van der Waals surface area contributed by atoms with Gasteiger partial charge in [-0.2, -0.15) is 13.2 Å². The summed E-state index contributed by atoms with van der Waals surface area (Å²) in [4.78, 5) is 23.4. The van der Waals surface area contributed by atoms with Gasteiger partial charge in [-0.3, -0.25) is 4.79 Å². The number of piperidine rings is 1. The summed E-state index contributed by atoms with van der Waals surface area (Å²) in [5.74, 6) is -2.95. The zero-order chi connectivity index (χ0) is 29.3. The average molecular weight is 595 g/mol. The minimum Gasteiger partial charge on any atom is -0.542 e. The SMILES string of the molecule is C[C@@H](NC(=O)c1ccc([NH+]2CCCCC2)cc1)[C@H](Cc1ccc(Cl)cc1)c1ccc(Cl)cc1.O=C([O-])C(F)(F)F. The molecular formula is C30H31Cl2F3N2O3. The first-order valence-corrected chi connectivity index (χ1v) is 13.7. The third-order valence-corrected chi connectivity index (χ3v) is 7.38. The molecule has 2 atom stereocenters. The van der Waals surface area contributed by atoms with Crippen LogP contribution in [-0.4, -0.2) is 37.2 Å². The second kappa shape index (κ2) is 14.5. The predicted octanol–water partition coefficient (Wildman–Crippen LogP) is 5.14. The summed E-state index contributed by atoms with van der Waals surface area (Å²) < 4.78 is 31.5. The number of carbonyl (C=O) groups excluding carboxylic acids is 2. The number of benzene rings is 3. The van der Waals surface area contributed by atoms with E-state index in [2.05, 4.69) is 24.4 Å². The molecule has 1 amide bonds. The number of hydrogen-bond donors (Lipinski definition) is 2. The van der Waals surface area contributed by atoms with Crippen molar-refractivity contribution < 1.29 is 32.8 Å². The van der Waals surface area contributed by atoms with E-state index in [0.717, 1.165) is 17.0 Å². The number of nitrogens with one attached hydrogen (secondary N) is 2. The Balaban J connectivity index is 0.000000559. The van der Waals surface area contributed by atoms with E-state index in [4.69, 9.17) is 33.1 Å². The van der Waals surface area contributed by atoms with Crippen molar-refractivity contribution in [2.24, 2.45) is 0 Å². The minimum absolute atomic E-state index is 0.0437. The maximum Gasteiger partial charge on any atom is 0.430 e. The van der Waals surface area contributed by atoms with Crippen LogP contribution in [0.2, 0.25) is 10.0 Å². The van der Waals surface area contributed by atoms with Crippen molar-refractivity contribution >= 4 is 40.8 Å². The largest absolute Gasteiger partial charge is 0.542 e. The fourth-order valence-electron chi connectivity index (χ4n) is 4.68. The Morgan fingerprint density at radius 2 is 1.38 bits per heavy atom. The second-order valence-electron chi connectivity index (χ2n) is 9.78. The van der Waals surface area contributed by atoms with Gasteiger partial charge in [-0.05, 0) is 92.3 Å². The highest BCUT2D eigenvalue weighted by Gasteiger charge is 2.29. The first kappa shape index (κ1) is 31.5. The molecule has 0 aliphatic carbocycles. The number of hydrogen-bond acceptors (Lipinski definition) is 3. The summed E-state index contributed by atoms with van der Waals surface area (Å²) in [5, 5.41) is 13.4. The van der Waals surface area contributed by atoms with Gasteiger partial charge in [0, 0.05) is 27.6 Å². The highest BCUT2D eigenvalue weighted by Crippen LogP contribution is 2.27. The van der Waals surface area contributed by atoms with E-state index in [1.807, 2.05) is 60.7 Å². The molecule has 4 rings (SSSR count). The van der Waals surface area contributed by atoms with Crippen molar-refractivity contribution in [2.75, 3.05) is 13.1 Å². The van der Waals surface area contributed by atoms with Crippen molar-refractivity contribution in [1.82, 2.24) is 5.32 Å². The summed E-state index contributed by atoms with van der Waals surface area (Å²) >= 11 is 12.2. The van der Waals surface area contributed by atoms with E-state index < -0.39 is 12.1 Å². The lowest BCUT2D eigenvalue weighted by molar-refractivity contribution is -0.838. The van der Waals surface area contributed by atoms with Crippen LogP contribution in [0.3, 0.4) is 0 Å². The van der Waals surface area contributed by atoms with Crippen LogP contribution >= 0.6 is 23.2 Å². The van der Waals surface area contributed by atoms with Crippen molar-refractivity contribution in [2.45, 2.75) is 50.7 Å². The first-order valence-electron chi connectivity index (χ1n) is 13.0. The van der Waals surface area contributed by atoms with Gasteiger partial charge >= 0.3 is 6.18 Å². The molecule has 1 heterocycles. The Bertz CT molecular complexity index is 1250. The zero-order valence-corrected chi connectivity index (χ0v) is 23.5. The molecule has 0 radical (unpaired) electrons. The lowest BCUT2D eigenvalue weighted by Gasteiger charge is -2.26. The maximum absolute atomic E-state index is 13.1. The summed E-state index contributed by atoms with van der Waals surface area (Å²) in [6, 6.07) is 23.8. The molecule has 1 aliphatic heterocycles. The standard InChI is InChI=1S/C28H30Cl2N2O.C2HF3O2/c1-20(31-28(33)23-9-15-26(16-10-23)32-17-3-2-4-18-32)27(22-7-13-25(30)14-8-22)19-21-5-11-24(29)12-6-21;3-2(4,5)1(6)7/h5-16,20,27H,2-4,17-19H2,1H3,(H,31,33);(H,6,7)/t20-,27+;/m1./s1. The van der Waals surface area contributed by atoms with Crippen LogP contribution in [-0.2, 0) is 11.2 Å². The number of quaternary nitrogens is 1. The van der Waals surface area contributed by atoms with E-state index in [0.29, 0.717) is 10.6 Å². The molecule has 1 fully saturated rings. The Hall–Kier alpha value is -3.07. The fourth-order valence-corrected chi connectivity index (χ4v) is 4.93. The van der Waals surface area contributed by atoms with Crippen molar-refractivity contribution in [3.8, 4) is 0 Å². The molecule has 0 saturated carbocycles. The fraction of sp³-hybridized carbons (Fsp3) is 0.333. The molecule has 3 aromatic rings. The van der Waals surface area contributed by atoms with Crippen LogP contribution in [0.1, 0.15) is 53.6 Å². The van der Waals surface area contributed by atoms with Crippen LogP contribution < -0.4 is 15.3 Å². The van der Waals surface area contributed by atoms with E-state index in [1.54, 1.807) is 0 Å². The predicted molar refractivity (Wildman–Crippen MR) is 148 cm³/mol. The number of carboxylic acid groups (broad SMARTS) is 1. The number of amides is 1. The Kier molecular flexibility index (Phi) is 11.4. The van der Waals surface area contributed by atoms with E-state index >= 15 is 0 Å². The van der Waals surface area contributed by atoms with Crippen LogP contribution in [0, 0.1) is 0 Å². The highest BCUT2D eigenvalue weighted by molar-refractivity contribution is 6.30. The van der Waals surface area contributed by atoms with Gasteiger partial charge in [0.25, 0.3) is 5.91 Å². The van der Waals surface area contributed by atoms with Gasteiger partial charge in [0.2, 0.25) is 0 Å². The average Bonchev–Trinajstić information content (AvgIpc) is 2.93. The summed E-state index contributed by atoms with van der Waals surface area (Å²) in [5.41, 5.74) is 4.30. The summed E-state index contributed by atoms with van der Waals surface area (Å²) in [6.45, 7) is 4.42. The lowest BCUT2D eigenvalue weighted by atomic mass is 9.86. The molecule has 2 N–H and O–H groups in total. The van der Waals surface area contributed by atoms with Gasteiger partial charge in [-0.1, -0.05) is 47.5 Å². The molecule has 1 aliphatic rings. The summed E-state index contributed by atoms with van der Waals surface area (Å²) in [6.07, 6.45) is -0.534. The van der Waals surface area contributed by atoms with Crippen LogP contribution in [0.25, 0.3) is 0 Å². The van der Waals surface area contributed by atoms with Gasteiger partial charge in [-0.25, -0.2) is 0 Å². The Morgan fingerprint density at radius 3 is 1.88 bits per heavy atom. The molecule has 0 bridgehead atoms. The van der Waals surface area contributed by atoms with Crippen LogP contribution in [0.5, 0.6) is 0 Å². The molecule has 40 heavy (non-hydrogen) atoms. The maximum atomic E-state index is 13.1. The van der Waals surface area contributed by atoms with Crippen LogP contribution in [0.15, 0.2) is 72.8 Å². The first-order chi connectivity index (χ1) is 18.9. The molecule has 5 nitrogen and oxygen atoms in total. The van der Waals surface area contributed by atoms with Gasteiger partial charge in [0.1, 0.15) is 11.7 Å². The lowest BCUT2D eigenvalue weighted by Crippen LogP contribution is -3.08. The van der Waals surface area contributed by atoms with Crippen molar-refractivity contribution in [3.63, 3.8) is 0 Å². The Morgan fingerprint density at radius 1 is 0.875 bits per heavy atom. The van der Waals surface area contributed by atoms with E-state index in [9.17, 15) is 18.0 Å². The topological polar surface area (TPSA) is 73.7 Å². The monoisotopic (exact) mass is 594 g/mol. The third kappa shape index (κ3) is 9.54. The van der Waals surface area contributed by atoms with Gasteiger partial charge < -0.3 is 20.1 Å². The van der Waals surface area contributed by atoms with Crippen LogP contribution in [0.4, 0.5) is 18.9 Å². The number of alkyl halides is 3. The number of halogens is 5. The smallest absolute Gasteiger partial charge is 0.430 e. The second-order valence-corrected chi connectivity index (χ2v) is 10.7. The zero-order valence-electron chi connectivity index (χ0n) is 21.9. The molecule has 0 spiro atoms. The molecule has 214 valence electrons. The minimum atomic E-state index is -5.19. The summed E-state index contributed by atoms with van der Waals surface area (Å²) in [7, 11) is 0. The molecule has 0 unspecified atom stereocenters. The Labute approximate surface area is 241 Å². The molecule has 10 heteroatoms. The quantitative estimate of drug-likeness (QED) is 0.398. The van der Waals surface area contributed by atoms with Gasteiger partial charge in [-0.15, -0.1) is 0 Å². The molecule has 3 aromatic carbocycles. The number of carboxylic acids is 1. The van der Waals surface area contributed by atoms with Gasteiger partial charge in [0.05, 0.1) is 13.1 Å². The van der Waals surface area contributed by atoms with E-state index in [1.165, 1.54) is 48.5 Å². The van der Waals surface area contributed by atoms with Crippen molar-refractivity contribution in [1.29, 1.82) is 0 Å². The molecular weight excluding hydrogens is 564 g/mol. The molecule has 0 aromatic heterocycles. The molecule has 1 saturated heterocycles. The third-order valence-electron chi connectivity index (χ3n) is 6.87. The van der Waals surface area contributed by atoms with E-state index in [-0.39, 0.29) is 17.9 Å².